The SMILES string of the molecule is CCn1cc(C(=O)N[C@@H](C)c2cccc(Br)c2)c(=O)c2cc(Cl)ccc21. The van der Waals surface area contributed by atoms with Gasteiger partial charge >= 0.3 is 0 Å². The highest BCUT2D eigenvalue weighted by Gasteiger charge is 2.18. The molecule has 134 valence electrons. The van der Waals surface area contributed by atoms with Crippen LogP contribution in [0.3, 0.4) is 0 Å². The average Bonchev–Trinajstić information content (AvgIpc) is 2.62. The van der Waals surface area contributed by atoms with Crippen LogP contribution < -0.4 is 10.7 Å². The molecule has 0 aliphatic rings. The summed E-state index contributed by atoms with van der Waals surface area (Å²) >= 11 is 9.47. The lowest BCUT2D eigenvalue weighted by Gasteiger charge is -2.16. The summed E-state index contributed by atoms with van der Waals surface area (Å²) in [6.45, 7) is 4.49. The maximum Gasteiger partial charge on any atom is 0.257 e. The van der Waals surface area contributed by atoms with Crippen molar-refractivity contribution in [3.05, 3.63) is 79.5 Å². The Morgan fingerprint density at radius 2 is 2.04 bits per heavy atom. The van der Waals surface area contributed by atoms with Crippen LogP contribution in [0.4, 0.5) is 0 Å². The van der Waals surface area contributed by atoms with Gasteiger partial charge in [-0.25, -0.2) is 0 Å². The summed E-state index contributed by atoms with van der Waals surface area (Å²) in [5.41, 5.74) is 1.51. The molecule has 0 saturated heterocycles. The molecule has 0 radical (unpaired) electrons. The highest BCUT2D eigenvalue weighted by Crippen LogP contribution is 2.20. The van der Waals surface area contributed by atoms with E-state index in [1.54, 1.807) is 24.4 Å². The van der Waals surface area contributed by atoms with Gasteiger partial charge < -0.3 is 9.88 Å². The van der Waals surface area contributed by atoms with Crippen LogP contribution in [0, 0.1) is 0 Å². The number of carbonyl (C=O) groups is 1. The number of hydrogen-bond donors (Lipinski definition) is 1. The number of nitrogens with zero attached hydrogens (tertiary/aromatic N) is 1. The Hall–Kier alpha value is -2.11. The topological polar surface area (TPSA) is 51.1 Å². The third-order valence-corrected chi connectivity index (χ3v) is 5.05. The largest absolute Gasteiger partial charge is 0.347 e. The molecule has 0 bridgehead atoms. The van der Waals surface area contributed by atoms with E-state index >= 15 is 0 Å². The molecule has 3 aromatic rings. The van der Waals surface area contributed by atoms with Crippen molar-refractivity contribution >= 4 is 44.3 Å². The Kier molecular flexibility index (Phi) is 5.49. The standard InChI is InChI=1S/C20H18BrClN2O2/c1-3-24-11-17(19(25)16-10-15(22)7-8-18(16)24)20(26)23-12(2)13-5-4-6-14(21)9-13/h4-12H,3H2,1-2H3,(H,23,26)/t12-/m0/s1. The fraction of sp³-hybridized carbons (Fsp3) is 0.200. The van der Waals surface area contributed by atoms with E-state index in [1.165, 1.54) is 0 Å². The third kappa shape index (κ3) is 3.69. The van der Waals surface area contributed by atoms with E-state index in [1.807, 2.05) is 42.7 Å². The second-order valence-electron chi connectivity index (χ2n) is 6.07. The zero-order chi connectivity index (χ0) is 18.8. The highest BCUT2D eigenvalue weighted by atomic mass is 79.9. The van der Waals surface area contributed by atoms with Gasteiger partial charge in [-0.2, -0.15) is 0 Å². The summed E-state index contributed by atoms with van der Waals surface area (Å²) in [5, 5.41) is 3.82. The number of aryl methyl sites for hydroxylation is 1. The number of nitrogens with one attached hydrogen (secondary N) is 1. The van der Waals surface area contributed by atoms with E-state index < -0.39 is 5.91 Å². The number of rotatable bonds is 4. The molecule has 0 aliphatic carbocycles. The fourth-order valence-electron chi connectivity index (χ4n) is 2.93. The molecule has 0 fully saturated rings. The van der Waals surface area contributed by atoms with Crippen molar-refractivity contribution in [1.29, 1.82) is 0 Å². The summed E-state index contributed by atoms with van der Waals surface area (Å²) in [5.74, 6) is -0.397. The fourth-order valence-corrected chi connectivity index (χ4v) is 3.52. The Morgan fingerprint density at radius 1 is 1.27 bits per heavy atom. The Morgan fingerprint density at radius 3 is 2.73 bits per heavy atom. The molecule has 0 saturated carbocycles. The summed E-state index contributed by atoms with van der Waals surface area (Å²) in [7, 11) is 0. The van der Waals surface area contributed by atoms with E-state index in [-0.39, 0.29) is 17.0 Å². The molecule has 26 heavy (non-hydrogen) atoms. The van der Waals surface area contributed by atoms with Gasteiger partial charge in [0.2, 0.25) is 5.43 Å². The quantitative estimate of drug-likeness (QED) is 0.634. The summed E-state index contributed by atoms with van der Waals surface area (Å²) in [4.78, 5) is 25.6. The van der Waals surface area contributed by atoms with Crippen molar-refractivity contribution in [2.24, 2.45) is 0 Å². The van der Waals surface area contributed by atoms with Crippen molar-refractivity contribution in [2.75, 3.05) is 0 Å². The van der Waals surface area contributed by atoms with Crippen molar-refractivity contribution in [3.63, 3.8) is 0 Å². The molecule has 1 heterocycles. The van der Waals surface area contributed by atoms with Gasteiger partial charge in [-0.3, -0.25) is 9.59 Å². The Labute approximate surface area is 164 Å². The maximum absolute atomic E-state index is 12.8. The molecule has 0 aliphatic heterocycles. The lowest BCUT2D eigenvalue weighted by molar-refractivity contribution is 0.0938. The number of hydrogen-bond acceptors (Lipinski definition) is 2. The lowest BCUT2D eigenvalue weighted by atomic mass is 10.1. The van der Waals surface area contributed by atoms with Gasteiger partial charge in [-0.05, 0) is 49.7 Å². The first-order valence-corrected chi connectivity index (χ1v) is 9.47. The molecule has 2 aromatic carbocycles. The number of carbonyl (C=O) groups excluding carboxylic acids is 1. The first-order chi connectivity index (χ1) is 12.4. The zero-order valence-corrected chi connectivity index (χ0v) is 16.8. The maximum atomic E-state index is 12.8. The number of benzene rings is 2. The van der Waals surface area contributed by atoms with Crippen LogP contribution in [0.1, 0.15) is 35.8 Å². The summed E-state index contributed by atoms with van der Waals surface area (Å²) in [6.07, 6.45) is 1.61. The van der Waals surface area contributed by atoms with E-state index in [2.05, 4.69) is 21.2 Å². The Balaban J connectivity index is 2.00. The van der Waals surface area contributed by atoms with Crippen molar-refractivity contribution < 1.29 is 4.79 Å². The van der Waals surface area contributed by atoms with E-state index in [0.29, 0.717) is 17.0 Å². The predicted octanol–water partition coefficient (Wildman–Crippen LogP) is 4.93. The molecule has 0 unspecified atom stereocenters. The van der Waals surface area contributed by atoms with E-state index in [0.717, 1.165) is 15.6 Å². The van der Waals surface area contributed by atoms with E-state index in [9.17, 15) is 9.59 Å². The van der Waals surface area contributed by atoms with Gasteiger partial charge in [0.25, 0.3) is 5.91 Å². The first kappa shape index (κ1) is 18.7. The number of fused-ring (bicyclic) bond motifs is 1. The molecule has 6 heteroatoms. The van der Waals surface area contributed by atoms with Crippen LogP contribution in [0.25, 0.3) is 10.9 Å². The van der Waals surface area contributed by atoms with Crippen molar-refractivity contribution in [2.45, 2.75) is 26.4 Å². The van der Waals surface area contributed by atoms with Gasteiger partial charge in [0.15, 0.2) is 0 Å². The molecule has 3 rings (SSSR count). The smallest absolute Gasteiger partial charge is 0.257 e. The van der Waals surface area contributed by atoms with Crippen molar-refractivity contribution in [1.82, 2.24) is 9.88 Å². The van der Waals surface area contributed by atoms with Crippen LogP contribution in [0.2, 0.25) is 5.02 Å². The van der Waals surface area contributed by atoms with Gasteiger partial charge in [0.05, 0.1) is 11.6 Å². The number of aromatic nitrogens is 1. The van der Waals surface area contributed by atoms with Gasteiger partial charge in [0.1, 0.15) is 5.56 Å². The third-order valence-electron chi connectivity index (χ3n) is 4.32. The number of amides is 1. The van der Waals surface area contributed by atoms with Gasteiger partial charge in [-0.15, -0.1) is 0 Å². The van der Waals surface area contributed by atoms with Crippen LogP contribution >= 0.6 is 27.5 Å². The molecule has 0 spiro atoms. The molecule has 4 nitrogen and oxygen atoms in total. The number of pyridine rings is 1. The molecular weight excluding hydrogens is 416 g/mol. The Bertz CT molecular complexity index is 1050. The van der Waals surface area contributed by atoms with Crippen LogP contribution in [0.5, 0.6) is 0 Å². The van der Waals surface area contributed by atoms with Crippen molar-refractivity contribution in [3.8, 4) is 0 Å². The minimum Gasteiger partial charge on any atom is -0.347 e. The van der Waals surface area contributed by atoms with Gasteiger partial charge in [-0.1, -0.05) is 39.7 Å². The zero-order valence-electron chi connectivity index (χ0n) is 14.4. The molecule has 1 N–H and O–H groups in total. The second-order valence-corrected chi connectivity index (χ2v) is 7.42. The average molecular weight is 434 g/mol. The van der Waals surface area contributed by atoms with Crippen LogP contribution in [-0.4, -0.2) is 10.5 Å². The summed E-state index contributed by atoms with van der Waals surface area (Å²) < 4.78 is 2.82. The number of halogens is 2. The van der Waals surface area contributed by atoms with Crippen LogP contribution in [-0.2, 0) is 6.54 Å². The minimum atomic E-state index is -0.397. The lowest BCUT2D eigenvalue weighted by Crippen LogP contribution is -2.31. The molecular formula is C20H18BrClN2O2. The molecule has 1 atom stereocenters. The van der Waals surface area contributed by atoms with E-state index in [4.69, 9.17) is 11.6 Å². The normalized spacial score (nSPS) is 12.2. The highest BCUT2D eigenvalue weighted by molar-refractivity contribution is 9.10. The minimum absolute atomic E-state index is 0.114. The molecule has 1 amide bonds. The summed E-state index contributed by atoms with van der Waals surface area (Å²) in [6, 6.07) is 12.6. The predicted molar refractivity (Wildman–Crippen MR) is 109 cm³/mol. The molecule has 1 aromatic heterocycles. The van der Waals surface area contributed by atoms with Crippen LogP contribution in [0.15, 0.2) is 57.9 Å². The monoisotopic (exact) mass is 432 g/mol. The van der Waals surface area contributed by atoms with Gasteiger partial charge in [0, 0.05) is 27.6 Å². The second kappa shape index (κ2) is 7.64. The first-order valence-electron chi connectivity index (χ1n) is 8.29.